The lowest BCUT2D eigenvalue weighted by atomic mass is 9.93. The minimum absolute atomic E-state index is 0.111. The largest absolute Gasteiger partial charge is 0.382 e. The standard InChI is InChI=1S/C15H21BrN2O3/c1-20-9-10-21-12-7-5-11(6-8-12)17-15(19)13-3-2-4-14(16)18-13/h2-4,11-12H,5-10H2,1H3,(H,17,19)/t11-,12-. The van der Waals surface area contributed by atoms with E-state index in [1.165, 1.54) is 0 Å². The quantitative estimate of drug-likeness (QED) is 0.628. The lowest BCUT2D eigenvalue weighted by Crippen LogP contribution is -2.39. The Morgan fingerprint density at radius 3 is 2.76 bits per heavy atom. The number of halogens is 1. The highest BCUT2D eigenvalue weighted by molar-refractivity contribution is 9.10. The van der Waals surface area contributed by atoms with Gasteiger partial charge >= 0.3 is 0 Å². The third kappa shape index (κ3) is 5.37. The highest BCUT2D eigenvalue weighted by Crippen LogP contribution is 2.21. The van der Waals surface area contributed by atoms with E-state index in [0.29, 0.717) is 23.5 Å². The van der Waals surface area contributed by atoms with Crippen molar-refractivity contribution < 1.29 is 14.3 Å². The molecule has 1 amide bonds. The maximum absolute atomic E-state index is 12.1. The van der Waals surface area contributed by atoms with Gasteiger partial charge in [-0.3, -0.25) is 4.79 Å². The SMILES string of the molecule is COCCO[C@H]1CC[C@H](NC(=O)c2cccc(Br)n2)CC1. The average molecular weight is 357 g/mol. The number of ether oxygens (including phenoxy) is 2. The second-order valence-corrected chi connectivity index (χ2v) is 5.97. The van der Waals surface area contributed by atoms with E-state index in [4.69, 9.17) is 9.47 Å². The molecule has 1 N–H and O–H groups in total. The third-order valence-corrected chi connectivity index (χ3v) is 4.04. The number of nitrogens with zero attached hydrogens (tertiary/aromatic N) is 1. The summed E-state index contributed by atoms with van der Waals surface area (Å²) < 4.78 is 11.4. The molecule has 0 spiro atoms. The van der Waals surface area contributed by atoms with Crippen molar-refractivity contribution in [3.05, 3.63) is 28.5 Å². The van der Waals surface area contributed by atoms with Gasteiger partial charge in [-0.05, 0) is 53.7 Å². The Morgan fingerprint density at radius 2 is 2.10 bits per heavy atom. The van der Waals surface area contributed by atoms with E-state index < -0.39 is 0 Å². The Labute approximate surface area is 133 Å². The molecule has 116 valence electrons. The topological polar surface area (TPSA) is 60.5 Å². The van der Waals surface area contributed by atoms with E-state index in [2.05, 4.69) is 26.2 Å². The molecule has 0 bridgehead atoms. The first kappa shape index (κ1) is 16.4. The number of aromatic nitrogens is 1. The molecule has 0 unspecified atom stereocenters. The van der Waals surface area contributed by atoms with E-state index in [1.807, 2.05) is 6.07 Å². The van der Waals surface area contributed by atoms with E-state index >= 15 is 0 Å². The molecule has 0 radical (unpaired) electrons. The number of pyridine rings is 1. The fourth-order valence-corrected chi connectivity index (χ4v) is 2.81. The van der Waals surface area contributed by atoms with Crippen LogP contribution in [0.25, 0.3) is 0 Å². The molecule has 1 aliphatic rings. The number of nitrogens with one attached hydrogen (secondary N) is 1. The first-order valence-electron chi connectivity index (χ1n) is 7.23. The van der Waals surface area contributed by atoms with Gasteiger partial charge in [0.15, 0.2) is 0 Å². The second-order valence-electron chi connectivity index (χ2n) is 5.16. The van der Waals surface area contributed by atoms with Gasteiger partial charge in [-0.15, -0.1) is 0 Å². The molecule has 0 atom stereocenters. The van der Waals surface area contributed by atoms with Crippen molar-refractivity contribution in [2.24, 2.45) is 0 Å². The minimum atomic E-state index is -0.111. The number of carbonyl (C=O) groups excluding carboxylic acids is 1. The van der Waals surface area contributed by atoms with Gasteiger partial charge < -0.3 is 14.8 Å². The van der Waals surface area contributed by atoms with Crippen molar-refractivity contribution in [3.63, 3.8) is 0 Å². The minimum Gasteiger partial charge on any atom is -0.382 e. The van der Waals surface area contributed by atoms with Gasteiger partial charge in [-0.1, -0.05) is 6.07 Å². The lowest BCUT2D eigenvalue weighted by molar-refractivity contribution is -0.00409. The van der Waals surface area contributed by atoms with Gasteiger partial charge in [0.2, 0.25) is 0 Å². The summed E-state index contributed by atoms with van der Waals surface area (Å²) in [5.41, 5.74) is 0.447. The Hall–Kier alpha value is -0.980. The summed E-state index contributed by atoms with van der Waals surface area (Å²) in [5, 5.41) is 3.05. The maximum atomic E-state index is 12.1. The Bertz CT molecular complexity index is 462. The molecule has 0 aliphatic heterocycles. The van der Waals surface area contributed by atoms with Crippen LogP contribution in [0.2, 0.25) is 0 Å². The van der Waals surface area contributed by atoms with Gasteiger partial charge in [0.05, 0.1) is 19.3 Å². The van der Waals surface area contributed by atoms with Crippen LogP contribution in [-0.2, 0) is 9.47 Å². The summed E-state index contributed by atoms with van der Waals surface area (Å²) in [7, 11) is 1.67. The van der Waals surface area contributed by atoms with Crippen LogP contribution in [-0.4, -0.2) is 43.4 Å². The van der Waals surface area contributed by atoms with Gasteiger partial charge in [-0.2, -0.15) is 0 Å². The highest BCUT2D eigenvalue weighted by Gasteiger charge is 2.23. The zero-order valence-electron chi connectivity index (χ0n) is 12.2. The number of rotatable bonds is 6. The summed E-state index contributed by atoms with van der Waals surface area (Å²) in [5.74, 6) is -0.111. The van der Waals surface area contributed by atoms with Crippen LogP contribution in [0.1, 0.15) is 36.2 Å². The van der Waals surface area contributed by atoms with Crippen LogP contribution in [0.15, 0.2) is 22.8 Å². The number of carbonyl (C=O) groups is 1. The summed E-state index contributed by atoms with van der Waals surface area (Å²) in [6.45, 7) is 1.27. The normalized spacial score (nSPS) is 22.0. The molecule has 2 rings (SSSR count). The average Bonchev–Trinajstić information content (AvgIpc) is 2.49. The molecule has 0 saturated heterocycles. The summed E-state index contributed by atoms with van der Waals surface area (Å²) in [4.78, 5) is 16.3. The smallest absolute Gasteiger partial charge is 0.270 e. The van der Waals surface area contributed by atoms with E-state index in [-0.39, 0.29) is 18.1 Å². The highest BCUT2D eigenvalue weighted by atomic mass is 79.9. The van der Waals surface area contributed by atoms with E-state index in [9.17, 15) is 4.79 Å². The molecule has 1 saturated carbocycles. The Kier molecular flexibility index (Phi) is 6.60. The molecule has 1 fully saturated rings. The molecule has 5 nitrogen and oxygen atoms in total. The number of hydrogen-bond acceptors (Lipinski definition) is 4. The zero-order valence-corrected chi connectivity index (χ0v) is 13.8. The van der Waals surface area contributed by atoms with Gasteiger partial charge in [0.25, 0.3) is 5.91 Å². The van der Waals surface area contributed by atoms with Crippen molar-refractivity contribution in [1.29, 1.82) is 0 Å². The molecular formula is C15H21BrN2O3. The summed E-state index contributed by atoms with van der Waals surface area (Å²) >= 11 is 3.28. The van der Waals surface area contributed by atoms with Crippen LogP contribution in [0, 0.1) is 0 Å². The fourth-order valence-electron chi connectivity index (χ4n) is 2.47. The van der Waals surface area contributed by atoms with Crippen LogP contribution in [0.5, 0.6) is 0 Å². The van der Waals surface area contributed by atoms with Crippen molar-refractivity contribution in [2.45, 2.75) is 37.8 Å². The lowest BCUT2D eigenvalue weighted by Gasteiger charge is -2.29. The number of hydrogen-bond donors (Lipinski definition) is 1. The van der Waals surface area contributed by atoms with Crippen molar-refractivity contribution >= 4 is 21.8 Å². The van der Waals surface area contributed by atoms with Gasteiger partial charge in [-0.25, -0.2) is 4.98 Å². The second kappa shape index (κ2) is 8.46. The number of methoxy groups -OCH3 is 1. The third-order valence-electron chi connectivity index (χ3n) is 3.60. The van der Waals surface area contributed by atoms with Crippen molar-refractivity contribution in [1.82, 2.24) is 10.3 Å². The fraction of sp³-hybridized carbons (Fsp3) is 0.600. The summed E-state index contributed by atoms with van der Waals surface area (Å²) in [6, 6.07) is 5.55. The Morgan fingerprint density at radius 1 is 1.33 bits per heavy atom. The first-order valence-corrected chi connectivity index (χ1v) is 8.02. The first-order chi connectivity index (χ1) is 10.2. The molecule has 1 aromatic rings. The Balaban J connectivity index is 1.74. The van der Waals surface area contributed by atoms with Gasteiger partial charge in [0.1, 0.15) is 10.3 Å². The van der Waals surface area contributed by atoms with Crippen LogP contribution in [0.3, 0.4) is 0 Å². The summed E-state index contributed by atoms with van der Waals surface area (Å²) in [6.07, 6.45) is 4.12. The van der Waals surface area contributed by atoms with Gasteiger partial charge in [0, 0.05) is 13.2 Å². The predicted octanol–water partition coefficient (Wildman–Crippen LogP) is 2.55. The maximum Gasteiger partial charge on any atom is 0.270 e. The number of amides is 1. The van der Waals surface area contributed by atoms with Crippen molar-refractivity contribution in [2.75, 3.05) is 20.3 Å². The van der Waals surface area contributed by atoms with Crippen molar-refractivity contribution in [3.8, 4) is 0 Å². The van der Waals surface area contributed by atoms with E-state index in [0.717, 1.165) is 25.7 Å². The monoisotopic (exact) mass is 356 g/mol. The molecule has 1 aliphatic carbocycles. The molecule has 21 heavy (non-hydrogen) atoms. The predicted molar refractivity (Wildman–Crippen MR) is 83.3 cm³/mol. The molecule has 1 heterocycles. The van der Waals surface area contributed by atoms with Crippen LogP contribution < -0.4 is 5.32 Å². The van der Waals surface area contributed by atoms with Crippen LogP contribution >= 0.6 is 15.9 Å². The zero-order chi connectivity index (χ0) is 15.1. The molecule has 0 aromatic carbocycles. The van der Waals surface area contributed by atoms with E-state index in [1.54, 1.807) is 19.2 Å². The van der Waals surface area contributed by atoms with Crippen LogP contribution in [0.4, 0.5) is 0 Å². The molecule has 1 aromatic heterocycles. The molecular weight excluding hydrogens is 336 g/mol. The molecule has 6 heteroatoms.